The molecule has 1 N–H and O–H groups in total. The maximum absolute atomic E-state index is 12.8. The molecular formula is C24H28N6O3. The number of carbonyl (C=O) groups excluding carboxylic acids is 1. The molecule has 9 heteroatoms. The van der Waals surface area contributed by atoms with E-state index in [2.05, 4.69) is 20.2 Å². The van der Waals surface area contributed by atoms with E-state index in [4.69, 9.17) is 14.5 Å². The van der Waals surface area contributed by atoms with Gasteiger partial charge in [0.1, 0.15) is 24.9 Å². The minimum atomic E-state index is -0.200. The first kappa shape index (κ1) is 21.2. The molecule has 4 heterocycles. The Morgan fingerprint density at radius 3 is 2.94 bits per heavy atom. The van der Waals surface area contributed by atoms with Crippen molar-refractivity contribution < 1.29 is 14.3 Å². The Balaban J connectivity index is 1.22. The molecule has 1 fully saturated rings. The molecule has 0 saturated carbocycles. The van der Waals surface area contributed by atoms with E-state index in [-0.39, 0.29) is 18.1 Å². The largest absolute Gasteiger partial charge is 0.486 e. The maximum atomic E-state index is 12.8. The van der Waals surface area contributed by atoms with Gasteiger partial charge in [0.15, 0.2) is 11.5 Å². The van der Waals surface area contributed by atoms with Crippen LogP contribution in [-0.2, 0) is 4.79 Å². The van der Waals surface area contributed by atoms with Crippen molar-refractivity contribution in [3.05, 3.63) is 54.7 Å². The molecule has 33 heavy (non-hydrogen) atoms. The van der Waals surface area contributed by atoms with Crippen molar-refractivity contribution in [3.63, 3.8) is 0 Å². The van der Waals surface area contributed by atoms with E-state index in [9.17, 15) is 4.79 Å². The molecule has 9 nitrogen and oxygen atoms in total. The van der Waals surface area contributed by atoms with E-state index < -0.39 is 0 Å². The quantitative estimate of drug-likeness (QED) is 0.620. The van der Waals surface area contributed by atoms with Crippen LogP contribution in [0.5, 0.6) is 11.5 Å². The number of imidazole rings is 1. The van der Waals surface area contributed by atoms with E-state index in [0.717, 1.165) is 43.1 Å². The lowest BCUT2D eigenvalue weighted by Crippen LogP contribution is -2.45. The molecular weight excluding hydrogens is 420 g/mol. The second-order valence-electron chi connectivity index (χ2n) is 8.49. The van der Waals surface area contributed by atoms with Crippen LogP contribution in [0, 0.1) is 6.92 Å². The second kappa shape index (κ2) is 9.48. The number of hydrogen-bond donors (Lipinski definition) is 1. The topological polar surface area (TPSA) is 94.4 Å². The first-order chi connectivity index (χ1) is 16.2. The van der Waals surface area contributed by atoms with Gasteiger partial charge in [0.2, 0.25) is 11.9 Å². The standard InChI is InChI=1S/C24H28N6O3/c1-17-12-22(28-24(27-17)29-11-9-25-16-29)30-10-5-4-6-18(30)13-23(31)26-14-19-15-32-20-7-2-3-8-21(20)33-19/h2-3,7-9,11-12,16,18-19H,4-6,10,13-15H2,1H3,(H,26,31). The summed E-state index contributed by atoms with van der Waals surface area (Å²) in [5, 5.41) is 3.03. The Hall–Kier alpha value is -3.62. The van der Waals surface area contributed by atoms with Crippen LogP contribution in [0.4, 0.5) is 5.82 Å². The summed E-state index contributed by atoms with van der Waals surface area (Å²) in [4.78, 5) is 28.5. The van der Waals surface area contributed by atoms with E-state index in [1.807, 2.05) is 43.5 Å². The number of ether oxygens (including phenoxy) is 2. The Morgan fingerprint density at radius 2 is 2.09 bits per heavy atom. The number of fused-ring (bicyclic) bond motifs is 1. The smallest absolute Gasteiger partial charge is 0.237 e. The van der Waals surface area contributed by atoms with Crippen molar-refractivity contribution in [2.75, 3.05) is 24.6 Å². The van der Waals surface area contributed by atoms with Crippen molar-refractivity contribution in [1.82, 2.24) is 24.8 Å². The number of para-hydroxylation sites is 2. The molecule has 0 radical (unpaired) electrons. The first-order valence-electron chi connectivity index (χ1n) is 11.4. The number of piperidine rings is 1. The summed E-state index contributed by atoms with van der Waals surface area (Å²) >= 11 is 0. The monoisotopic (exact) mass is 448 g/mol. The van der Waals surface area contributed by atoms with E-state index in [0.29, 0.717) is 31.3 Å². The van der Waals surface area contributed by atoms with Gasteiger partial charge in [-0.3, -0.25) is 9.36 Å². The average molecular weight is 449 g/mol. The molecule has 172 valence electrons. The number of aromatic nitrogens is 4. The average Bonchev–Trinajstić information content (AvgIpc) is 3.38. The summed E-state index contributed by atoms with van der Waals surface area (Å²) in [5.74, 6) is 2.91. The number of hydrogen-bond acceptors (Lipinski definition) is 7. The van der Waals surface area contributed by atoms with Crippen LogP contribution in [0.15, 0.2) is 49.1 Å². The number of carbonyl (C=O) groups is 1. The van der Waals surface area contributed by atoms with Gasteiger partial charge in [-0.25, -0.2) is 9.97 Å². The molecule has 2 unspecified atom stereocenters. The SMILES string of the molecule is Cc1cc(N2CCCCC2CC(=O)NCC2COc3ccccc3O2)nc(-n2ccnc2)n1. The van der Waals surface area contributed by atoms with Gasteiger partial charge in [0.25, 0.3) is 0 Å². The zero-order valence-electron chi connectivity index (χ0n) is 18.7. The van der Waals surface area contributed by atoms with Gasteiger partial charge in [-0.15, -0.1) is 0 Å². The summed E-state index contributed by atoms with van der Waals surface area (Å²) in [6, 6.07) is 9.67. The Kier molecular flexibility index (Phi) is 6.10. The molecule has 3 aromatic rings. The highest BCUT2D eigenvalue weighted by Gasteiger charge is 2.27. The molecule has 1 amide bonds. The van der Waals surface area contributed by atoms with E-state index >= 15 is 0 Å². The summed E-state index contributed by atoms with van der Waals surface area (Å²) in [5.41, 5.74) is 0.882. The van der Waals surface area contributed by atoms with Gasteiger partial charge in [0, 0.05) is 43.2 Å². The molecule has 0 aliphatic carbocycles. The third-order valence-electron chi connectivity index (χ3n) is 6.00. The lowest BCUT2D eigenvalue weighted by Gasteiger charge is -2.36. The van der Waals surface area contributed by atoms with Crippen LogP contribution >= 0.6 is 0 Å². The predicted molar refractivity (Wildman–Crippen MR) is 123 cm³/mol. The molecule has 5 rings (SSSR count). The number of nitrogens with one attached hydrogen (secondary N) is 1. The number of amides is 1. The van der Waals surface area contributed by atoms with Gasteiger partial charge in [-0.05, 0) is 38.3 Å². The molecule has 0 spiro atoms. The summed E-state index contributed by atoms with van der Waals surface area (Å²) in [6.07, 6.45) is 8.57. The molecule has 0 bridgehead atoms. The summed E-state index contributed by atoms with van der Waals surface area (Å²) in [7, 11) is 0. The molecule has 2 aliphatic heterocycles. The number of nitrogens with zero attached hydrogens (tertiary/aromatic N) is 5. The minimum Gasteiger partial charge on any atom is -0.486 e. The Labute approximate surface area is 192 Å². The van der Waals surface area contributed by atoms with Gasteiger partial charge in [0.05, 0.1) is 6.54 Å². The predicted octanol–water partition coefficient (Wildman–Crippen LogP) is 2.68. The molecule has 2 aromatic heterocycles. The maximum Gasteiger partial charge on any atom is 0.237 e. The van der Waals surface area contributed by atoms with E-state index in [1.165, 1.54) is 0 Å². The second-order valence-corrected chi connectivity index (χ2v) is 8.49. The first-order valence-corrected chi connectivity index (χ1v) is 11.4. The lowest BCUT2D eigenvalue weighted by molar-refractivity contribution is -0.122. The Bertz CT molecular complexity index is 1100. The normalized spacial score (nSPS) is 19.8. The number of aryl methyl sites for hydroxylation is 1. The molecule has 2 atom stereocenters. The van der Waals surface area contributed by atoms with Gasteiger partial charge in [-0.1, -0.05) is 12.1 Å². The number of benzene rings is 1. The van der Waals surface area contributed by atoms with Crippen LogP contribution in [0.1, 0.15) is 31.4 Å². The van der Waals surface area contributed by atoms with Crippen molar-refractivity contribution >= 4 is 11.7 Å². The third kappa shape index (κ3) is 4.92. The summed E-state index contributed by atoms with van der Waals surface area (Å²) in [6.45, 7) is 3.66. The third-order valence-corrected chi connectivity index (χ3v) is 6.00. The van der Waals surface area contributed by atoms with Gasteiger partial charge < -0.3 is 19.7 Å². The fourth-order valence-corrected chi connectivity index (χ4v) is 4.37. The Morgan fingerprint density at radius 1 is 1.21 bits per heavy atom. The van der Waals surface area contributed by atoms with Crippen molar-refractivity contribution in [2.45, 2.75) is 44.8 Å². The van der Waals surface area contributed by atoms with Crippen LogP contribution < -0.4 is 19.7 Å². The molecule has 1 aromatic carbocycles. The fourth-order valence-electron chi connectivity index (χ4n) is 4.37. The highest BCUT2D eigenvalue weighted by molar-refractivity contribution is 5.77. The minimum absolute atomic E-state index is 0.00923. The van der Waals surface area contributed by atoms with E-state index in [1.54, 1.807) is 17.1 Å². The highest BCUT2D eigenvalue weighted by atomic mass is 16.6. The fraction of sp³-hybridized carbons (Fsp3) is 0.417. The molecule has 2 aliphatic rings. The molecule has 1 saturated heterocycles. The number of anilines is 1. The van der Waals surface area contributed by atoms with Gasteiger partial charge in [-0.2, -0.15) is 4.98 Å². The highest BCUT2D eigenvalue weighted by Crippen LogP contribution is 2.31. The zero-order valence-corrected chi connectivity index (χ0v) is 18.7. The van der Waals surface area contributed by atoms with Crippen LogP contribution in [0.3, 0.4) is 0 Å². The summed E-state index contributed by atoms with van der Waals surface area (Å²) < 4.78 is 13.5. The van der Waals surface area contributed by atoms with Crippen molar-refractivity contribution in [3.8, 4) is 17.4 Å². The van der Waals surface area contributed by atoms with Crippen LogP contribution in [0.25, 0.3) is 5.95 Å². The lowest BCUT2D eigenvalue weighted by atomic mass is 9.99. The van der Waals surface area contributed by atoms with Crippen LogP contribution in [0.2, 0.25) is 0 Å². The van der Waals surface area contributed by atoms with Crippen molar-refractivity contribution in [2.24, 2.45) is 0 Å². The van der Waals surface area contributed by atoms with Crippen LogP contribution in [-0.4, -0.2) is 57.3 Å². The van der Waals surface area contributed by atoms with Gasteiger partial charge >= 0.3 is 0 Å². The number of rotatable bonds is 6. The van der Waals surface area contributed by atoms with Crippen molar-refractivity contribution in [1.29, 1.82) is 0 Å². The zero-order chi connectivity index (χ0) is 22.6.